The third kappa shape index (κ3) is 4.10. The molecule has 0 atom stereocenters. The van der Waals surface area contributed by atoms with E-state index in [0.29, 0.717) is 12.1 Å². The van der Waals surface area contributed by atoms with E-state index in [1.165, 1.54) is 0 Å². The summed E-state index contributed by atoms with van der Waals surface area (Å²) in [5, 5.41) is 11.0. The molecule has 0 aliphatic heterocycles. The van der Waals surface area contributed by atoms with Crippen LogP contribution in [0.2, 0.25) is 0 Å². The van der Waals surface area contributed by atoms with Gasteiger partial charge in [-0.3, -0.25) is 20.0 Å². The molecule has 2 aromatic rings. The number of hydrogen-bond donors (Lipinski definition) is 0. The second-order valence-corrected chi connectivity index (χ2v) is 5.00. The zero-order chi connectivity index (χ0) is 15.2. The number of aromatic nitrogens is 1. The molecule has 0 unspecified atom stereocenters. The normalized spacial score (nSPS) is 10.8. The van der Waals surface area contributed by atoms with Crippen LogP contribution in [0.25, 0.3) is 0 Å². The number of aryl methyl sites for hydroxylation is 1. The quantitative estimate of drug-likeness (QED) is 0.603. The van der Waals surface area contributed by atoms with Crippen molar-refractivity contribution in [2.75, 3.05) is 6.54 Å². The predicted molar refractivity (Wildman–Crippen MR) is 81.9 cm³/mol. The summed E-state index contributed by atoms with van der Waals surface area (Å²) in [4.78, 5) is 17.2. The molecule has 1 aromatic carbocycles. The number of rotatable bonds is 6. The molecule has 0 N–H and O–H groups in total. The lowest BCUT2D eigenvalue weighted by molar-refractivity contribution is -0.385. The molecule has 0 amide bonds. The number of pyridine rings is 1. The van der Waals surface area contributed by atoms with Crippen molar-refractivity contribution in [3.63, 3.8) is 0 Å². The lowest BCUT2D eigenvalue weighted by Gasteiger charge is -2.20. The van der Waals surface area contributed by atoms with Crippen LogP contribution in [-0.4, -0.2) is 21.4 Å². The van der Waals surface area contributed by atoms with Crippen molar-refractivity contribution in [3.8, 4) is 0 Å². The van der Waals surface area contributed by atoms with Crippen LogP contribution in [0.5, 0.6) is 0 Å². The van der Waals surface area contributed by atoms with Gasteiger partial charge in [0.25, 0.3) is 5.69 Å². The fraction of sp³-hybridized carbons (Fsp3) is 0.312. The summed E-state index contributed by atoms with van der Waals surface area (Å²) >= 11 is 0. The fourth-order valence-corrected chi connectivity index (χ4v) is 2.21. The molecular weight excluding hydrogens is 266 g/mol. The van der Waals surface area contributed by atoms with Gasteiger partial charge in [-0.05, 0) is 31.2 Å². The van der Waals surface area contributed by atoms with Crippen LogP contribution in [0.4, 0.5) is 5.69 Å². The van der Waals surface area contributed by atoms with Crippen LogP contribution >= 0.6 is 0 Å². The lowest BCUT2D eigenvalue weighted by atomic mass is 10.1. The zero-order valence-electron chi connectivity index (χ0n) is 12.3. The van der Waals surface area contributed by atoms with Crippen LogP contribution in [0.15, 0.2) is 42.6 Å². The van der Waals surface area contributed by atoms with Crippen molar-refractivity contribution >= 4 is 5.69 Å². The highest BCUT2D eigenvalue weighted by molar-refractivity contribution is 5.42. The van der Waals surface area contributed by atoms with Gasteiger partial charge in [0.1, 0.15) is 0 Å². The van der Waals surface area contributed by atoms with E-state index in [1.54, 1.807) is 19.2 Å². The fourth-order valence-electron chi connectivity index (χ4n) is 2.21. The van der Waals surface area contributed by atoms with Crippen LogP contribution in [0.3, 0.4) is 0 Å². The van der Waals surface area contributed by atoms with Gasteiger partial charge in [-0.1, -0.05) is 25.1 Å². The smallest absolute Gasteiger partial charge is 0.272 e. The molecule has 2 rings (SSSR count). The second-order valence-electron chi connectivity index (χ2n) is 5.00. The topological polar surface area (TPSA) is 59.3 Å². The Morgan fingerprint density at radius 3 is 2.67 bits per heavy atom. The maximum atomic E-state index is 11.0. The predicted octanol–water partition coefficient (Wildman–Crippen LogP) is 3.32. The molecule has 0 aliphatic carbocycles. The number of nitro benzene ring substituents is 1. The van der Waals surface area contributed by atoms with Gasteiger partial charge in [0.2, 0.25) is 0 Å². The highest BCUT2D eigenvalue weighted by Crippen LogP contribution is 2.20. The van der Waals surface area contributed by atoms with Crippen molar-refractivity contribution in [1.82, 2.24) is 9.88 Å². The standard InChI is InChI=1S/C16H19N3O2/c1-3-18(12-15-6-4-5-9-17-15)11-14-8-7-13(2)16(10-14)19(20)21/h4-10H,3,11-12H2,1-2H3. The molecule has 5 heteroatoms. The minimum absolute atomic E-state index is 0.182. The van der Waals surface area contributed by atoms with Gasteiger partial charge < -0.3 is 0 Å². The van der Waals surface area contributed by atoms with Crippen molar-refractivity contribution in [2.24, 2.45) is 0 Å². The van der Waals surface area contributed by atoms with E-state index in [2.05, 4.69) is 16.8 Å². The van der Waals surface area contributed by atoms with Crippen LogP contribution in [0.1, 0.15) is 23.7 Å². The number of nitro groups is 1. The molecule has 1 aromatic heterocycles. The van der Waals surface area contributed by atoms with E-state index in [1.807, 2.05) is 30.3 Å². The van der Waals surface area contributed by atoms with Gasteiger partial charge >= 0.3 is 0 Å². The third-order valence-corrected chi connectivity index (χ3v) is 3.44. The molecule has 1 heterocycles. The Bertz CT molecular complexity index is 614. The molecule has 0 radical (unpaired) electrons. The summed E-state index contributed by atoms with van der Waals surface area (Å²) in [6.07, 6.45) is 1.78. The number of nitrogens with zero attached hydrogens (tertiary/aromatic N) is 3. The summed E-state index contributed by atoms with van der Waals surface area (Å²) in [5.41, 5.74) is 2.82. The summed E-state index contributed by atoms with van der Waals surface area (Å²) < 4.78 is 0. The van der Waals surface area contributed by atoms with Crippen molar-refractivity contribution in [1.29, 1.82) is 0 Å². The first kappa shape index (κ1) is 15.1. The molecular formula is C16H19N3O2. The molecule has 21 heavy (non-hydrogen) atoms. The van der Waals surface area contributed by atoms with Crippen molar-refractivity contribution in [3.05, 3.63) is 69.5 Å². The first-order chi connectivity index (χ1) is 10.1. The Morgan fingerprint density at radius 1 is 1.24 bits per heavy atom. The summed E-state index contributed by atoms with van der Waals surface area (Å²) in [6.45, 7) is 6.10. The van der Waals surface area contributed by atoms with Crippen LogP contribution < -0.4 is 0 Å². The largest absolute Gasteiger partial charge is 0.294 e. The molecule has 5 nitrogen and oxygen atoms in total. The van der Waals surface area contributed by atoms with Gasteiger partial charge in [-0.15, -0.1) is 0 Å². The number of hydrogen-bond acceptors (Lipinski definition) is 4. The number of benzene rings is 1. The van der Waals surface area contributed by atoms with Gasteiger partial charge in [0, 0.05) is 30.9 Å². The monoisotopic (exact) mass is 285 g/mol. The minimum Gasteiger partial charge on any atom is -0.294 e. The van der Waals surface area contributed by atoms with E-state index in [9.17, 15) is 10.1 Å². The summed E-state index contributed by atoms with van der Waals surface area (Å²) in [6, 6.07) is 11.3. The molecule has 0 spiro atoms. The molecule has 0 aliphatic rings. The molecule has 0 bridgehead atoms. The van der Waals surface area contributed by atoms with E-state index in [4.69, 9.17) is 0 Å². The Hall–Kier alpha value is -2.27. The van der Waals surface area contributed by atoms with E-state index in [-0.39, 0.29) is 10.6 Å². The lowest BCUT2D eigenvalue weighted by Crippen LogP contribution is -2.22. The minimum atomic E-state index is -0.326. The van der Waals surface area contributed by atoms with Gasteiger partial charge in [0.05, 0.1) is 10.6 Å². The summed E-state index contributed by atoms with van der Waals surface area (Å²) in [5.74, 6) is 0. The average Bonchev–Trinajstić information content (AvgIpc) is 2.49. The Labute approximate surface area is 124 Å². The van der Waals surface area contributed by atoms with E-state index < -0.39 is 0 Å². The van der Waals surface area contributed by atoms with Gasteiger partial charge in [-0.2, -0.15) is 0 Å². The highest BCUT2D eigenvalue weighted by atomic mass is 16.6. The second kappa shape index (κ2) is 6.95. The van der Waals surface area contributed by atoms with Crippen LogP contribution in [0, 0.1) is 17.0 Å². The first-order valence-electron chi connectivity index (χ1n) is 6.96. The maximum Gasteiger partial charge on any atom is 0.272 e. The van der Waals surface area contributed by atoms with Crippen LogP contribution in [-0.2, 0) is 13.1 Å². The molecule has 110 valence electrons. The van der Waals surface area contributed by atoms with Crippen molar-refractivity contribution in [2.45, 2.75) is 26.9 Å². The average molecular weight is 285 g/mol. The summed E-state index contributed by atoms with van der Waals surface area (Å²) in [7, 11) is 0. The van der Waals surface area contributed by atoms with E-state index >= 15 is 0 Å². The Kier molecular flexibility index (Phi) is 5.00. The molecule has 0 saturated heterocycles. The molecule has 0 saturated carbocycles. The Morgan fingerprint density at radius 2 is 2.05 bits per heavy atom. The Balaban J connectivity index is 2.11. The van der Waals surface area contributed by atoms with E-state index in [0.717, 1.165) is 24.3 Å². The highest BCUT2D eigenvalue weighted by Gasteiger charge is 2.13. The third-order valence-electron chi connectivity index (χ3n) is 3.44. The zero-order valence-corrected chi connectivity index (χ0v) is 12.3. The molecule has 0 fully saturated rings. The SMILES string of the molecule is CCN(Cc1ccc(C)c([N+](=O)[O-])c1)Cc1ccccn1. The van der Waals surface area contributed by atoms with Crippen molar-refractivity contribution < 1.29 is 4.92 Å². The maximum absolute atomic E-state index is 11.0. The van der Waals surface area contributed by atoms with Gasteiger partial charge in [-0.25, -0.2) is 0 Å². The van der Waals surface area contributed by atoms with Gasteiger partial charge in [0.15, 0.2) is 0 Å². The first-order valence-corrected chi connectivity index (χ1v) is 6.96.